The number of hydrogen-bond donors (Lipinski definition) is 2. The van der Waals surface area contributed by atoms with Crippen molar-refractivity contribution in [3.63, 3.8) is 0 Å². The minimum atomic E-state index is -1.89. The van der Waals surface area contributed by atoms with Crippen molar-refractivity contribution in [2.75, 3.05) is 0 Å². The van der Waals surface area contributed by atoms with E-state index in [2.05, 4.69) is 39.0 Å². The number of hydrogen-bond acceptors (Lipinski definition) is 4. The molecule has 21 heavy (non-hydrogen) atoms. The molecule has 0 unspecified atom stereocenters. The van der Waals surface area contributed by atoms with Crippen LogP contribution in [0.3, 0.4) is 0 Å². The van der Waals surface area contributed by atoms with E-state index in [1.807, 2.05) is 12.1 Å². The molecule has 4 nitrogen and oxygen atoms in total. The molecule has 2 N–H and O–H groups in total. The van der Waals surface area contributed by atoms with Crippen LogP contribution in [0.25, 0.3) is 0 Å². The van der Waals surface area contributed by atoms with E-state index in [0.29, 0.717) is 5.46 Å². The van der Waals surface area contributed by atoms with Crippen molar-refractivity contribution in [3.05, 3.63) is 29.3 Å². The number of benzene rings is 1. The van der Waals surface area contributed by atoms with E-state index in [0.717, 1.165) is 29.7 Å². The van der Waals surface area contributed by atoms with Crippen molar-refractivity contribution in [2.45, 2.75) is 51.7 Å². The summed E-state index contributed by atoms with van der Waals surface area (Å²) in [5.41, 5.74) is 3.67. The zero-order valence-electron chi connectivity index (χ0n) is 13.5. The van der Waals surface area contributed by atoms with E-state index < -0.39 is 15.4 Å². The molecule has 0 saturated heterocycles. The van der Waals surface area contributed by atoms with Crippen LogP contribution in [-0.2, 0) is 10.9 Å². The predicted octanol–water partition coefficient (Wildman–Crippen LogP) is 2.04. The molecule has 2 rings (SSSR count). The summed E-state index contributed by atoms with van der Waals surface area (Å²) in [5, 5.41) is 23.0. The van der Waals surface area contributed by atoms with Crippen molar-refractivity contribution >= 4 is 26.6 Å². The summed E-state index contributed by atoms with van der Waals surface area (Å²) in [6.45, 7) is 10.9. The van der Waals surface area contributed by atoms with E-state index in [1.165, 1.54) is 0 Å². The average molecular weight is 305 g/mol. The van der Waals surface area contributed by atoms with Crippen LogP contribution in [-0.4, -0.2) is 31.2 Å². The lowest BCUT2D eigenvalue weighted by molar-refractivity contribution is 0.307. The van der Waals surface area contributed by atoms with Crippen LogP contribution in [0.2, 0.25) is 18.1 Å². The second-order valence-corrected chi connectivity index (χ2v) is 11.9. The normalized spacial score (nSPS) is 17.0. The monoisotopic (exact) mass is 305 g/mol. The molecule has 0 radical (unpaired) electrons. The van der Waals surface area contributed by atoms with Gasteiger partial charge < -0.3 is 14.6 Å². The third-order valence-corrected chi connectivity index (χ3v) is 8.72. The van der Waals surface area contributed by atoms with Gasteiger partial charge in [0.05, 0.1) is 5.71 Å². The first-order valence-corrected chi connectivity index (χ1v) is 10.3. The highest BCUT2D eigenvalue weighted by Gasteiger charge is 2.40. The first kappa shape index (κ1) is 16.3. The Kier molecular flexibility index (Phi) is 4.33. The van der Waals surface area contributed by atoms with E-state index >= 15 is 0 Å². The van der Waals surface area contributed by atoms with Crippen molar-refractivity contribution in [1.82, 2.24) is 0 Å². The lowest BCUT2D eigenvalue weighted by Gasteiger charge is -2.33. The quantitative estimate of drug-likeness (QED) is 0.663. The highest BCUT2D eigenvalue weighted by atomic mass is 28.4. The Bertz CT molecular complexity index is 565. The van der Waals surface area contributed by atoms with Gasteiger partial charge in [-0.2, -0.15) is 0 Å². The third kappa shape index (κ3) is 3.39. The zero-order chi connectivity index (χ0) is 15.8. The first-order chi connectivity index (χ1) is 9.62. The summed E-state index contributed by atoms with van der Waals surface area (Å²) >= 11 is 0. The molecule has 6 heteroatoms. The Morgan fingerprint density at radius 3 is 2.43 bits per heavy atom. The van der Waals surface area contributed by atoms with Crippen LogP contribution < -0.4 is 5.46 Å². The maximum absolute atomic E-state index is 9.23. The van der Waals surface area contributed by atoms with Gasteiger partial charge in [-0.05, 0) is 42.0 Å². The summed E-state index contributed by atoms with van der Waals surface area (Å²) in [6, 6.07) is 5.48. The number of fused-ring (bicyclic) bond motifs is 1. The summed E-state index contributed by atoms with van der Waals surface area (Å²) in [6.07, 6.45) is 1.71. The number of nitrogens with zero attached hydrogens (tertiary/aromatic N) is 1. The molecule has 0 atom stereocenters. The smallest absolute Gasteiger partial charge is 0.455 e. The Labute approximate surface area is 128 Å². The molecule has 0 saturated carbocycles. The SMILES string of the molecule is CC(C)(C)[Si](C)(C)O/N=C1\CCc2cc(B(O)O)ccc21. The highest BCUT2D eigenvalue weighted by Crippen LogP contribution is 2.37. The van der Waals surface area contributed by atoms with Crippen molar-refractivity contribution in [2.24, 2.45) is 5.16 Å². The molecule has 0 heterocycles. The second-order valence-electron chi connectivity index (χ2n) is 7.18. The van der Waals surface area contributed by atoms with Gasteiger partial charge in [0.2, 0.25) is 0 Å². The lowest BCUT2D eigenvalue weighted by Crippen LogP contribution is -2.39. The predicted molar refractivity (Wildman–Crippen MR) is 89.4 cm³/mol. The molecular weight excluding hydrogens is 281 g/mol. The fraction of sp³-hybridized carbons (Fsp3) is 0.533. The van der Waals surface area contributed by atoms with Crippen LogP contribution >= 0.6 is 0 Å². The van der Waals surface area contributed by atoms with E-state index in [9.17, 15) is 10.0 Å². The fourth-order valence-electron chi connectivity index (χ4n) is 2.05. The first-order valence-electron chi connectivity index (χ1n) is 7.36. The van der Waals surface area contributed by atoms with E-state index in [1.54, 1.807) is 6.07 Å². The van der Waals surface area contributed by atoms with Gasteiger partial charge in [-0.1, -0.05) is 39.0 Å². The van der Waals surface area contributed by atoms with Crippen molar-refractivity contribution < 1.29 is 14.6 Å². The third-order valence-electron chi connectivity index (χ3n) is 4.56. The lowest BCUT2D eigenvalue weighted by atomic mass is 9.79. The molecule has 0 amide bonds. The van der Waals surface area contributed by atoms with E-state index in [4.69, 9.17) is 4.53 Å². The highest BCUT2D eigenvalue weighted by molar-refractivity contribution is 6.74. The summed E-state index contributed by atoms with van der Waals surface area (Å²) < 4.78 is 5.94. The summed E-state index contributed by atoms with van der Waals surface area (Å²) in [4.78, 5) is 0. The summed E-state index contributed by atoms with van der Waals surface area (Å²) in [7, 11) is -3.31. The maximum atomic E-state index is 9.23. The Hall–Kier alpha value is -1.11. The molecule has 114 valence electrons. The molecule has 1 aromatic rings. The van der Waals surface area contributed by atoms with Gasteiger partial charge in [0.1, 0.15) is 0 Å². The number of oxime groups is 1. The summed E-state index contributed by atoms with van der Waals surface area (Å²) in [5.74, 6) is 0. The number of aryl methyl sites for hydroxylation is 1. The van der Waals surface area contributed by atoms with Crippen LogP contribution in [0.4, 0.5) is 0 Å². The molecule has 0 bridgehead atoms. The zero-order valence-corrected chi connectivity index (χ0v) is 14.5. The fourth-order valence-corrected chi connectivity index (χ4v) is 2.66. The van der Waals surface area contributed by atoms with Gasteiger partial charge >= 0.3 is 7.12 Å². The molecule has 0 aromatic heterocycles. The topological polar surface area (TPSA) is 62.0 Å². The molecule has 1 aromatic carbocycles. The van der Waals surface area contributed by atoms with Crippen molar-refractivity contribution in [1.29, 1.82) is 0 Å². The Balaban J connectivity index is 2.21. The van der Waals surface area contributed by atoms with Crippen LogP contribution in [0.15, 0.2) is 23.4 Å². The van der Waals surface area contributed by atoms with Gasteiger partial charge in [0.25, 0.3) is 8.32 Å². The van der Waals surface area contributed by atoms with Gasteiger partial charge in [-0.15, -0.1) is 5.16 Å². The van der Waals surface area contributed by atoms with Crippen molar-refractivity contribution in [3.8, 4) is 0 Å². The molecule has 1 aliphatic rings. The average Bonchev–Trinajstić information content (AvgIpc) is 2.77. The molecule has 0 aliphatic heterocycles. The van der Waals surface area contributed by atoms with Gasteiger partial charge in [-0.3, -0.25) is 0 Å². The largest absolute Gasteiger partial charge is 0.488 e. The second kappa shape index (κ2) is 5.59. The van der Waals surface area contributed by atoms with Gasteiger partial charge in [-0.25, -0.2) is 0 Å². The number of rotatable bonds is 3. The molecule has 0 spiro atoms. The van der Waals surface area contributed by atoms with Gasteiger partial charge in [0.15, 0.2) is 0 Å². The molecule has 1 aliphatic carbocycles. The van der Waals surface area contributed by atoms with Crippen LogP contribution in [0, 0.1) is 0 Å². The maximum Gasteiger partial charge on any atom is 0.488 e. The Morgan fingerprint density at radius 2 is 1.86 bits per heavy atom. The molecular formula is C15H24BNO3Si. The standard InChI is InChI=1S/C15H24BNO3Si/c1-15(2,3)21(4,5)20-17-14-9-6-11-10-12(16(18)19)7-8-13(11)14/h7-8,10,18-19H,6,9H2,1-5H3/b17-14+. The van der Waals surface area contributed by atoms with Gasteiger partial charge in [0, 0.05) is 5.56 Å². The minimum absolute atomic E-state index is 0.128. The Morgan fingerprint density at radius 1 is 1.19 bits per heavy atom. The van der Waals surface area contributed by atoms with Crippen LogP contribution in [0.1, 0.15) is 38.3 Å². The van der Waals surface area contributed by atoms with Crippen LogP contribution in [0.5, 0.6) is 0 Å². The minimum Gasteiger partial charge on any atom is -0.455 e. The van der Waals surface area contributed by atoms with E-state index in [-0.39, 0.29) is 5.04 Å². The molecule has 0 fully saturated rings.